The van der Waals surface area contributed by atoms with Crippen molar-refractivity contribution < 1.29 is 0 Å². The van der Waals surface area contributed by atoms with Gasteiger partial charge in [0.2, 0.25) is 0 Å². The van der Waals surface area contributed by atoms with Crippen LogP contribution in [0.3, 0.4) is 0 Å². The first-order valence-corrected chi connectivity index (χ1v) is 4.81. The summed E-state index contributed by atoms with van der Waals surface area (Å²) in [5.74, 6) is 2.84. The van der Waals surface area contributed by atoms with Gasteiger partial charge in [0.15, 0.2) is 5.01 Å². The van der Waals surface area contributed by atoms with Crippen LogP contribution in [0.15, 0.2) is 9.98 Å². The lowest BCUT2D eigenvalue weighted by atomic mass is 10.7. The number of rotatable bonds is 0. The van der Waals surface area contributed by atoms with Gasteiger partial charge in [0, 0.05) is 28.0 Å². The van der Waals surface area contributed by atoms with Crippen LogP contribution in [0.25, 0.3) is 0 Å². The normalized spacial score (nSPS) is 8.22. The Hall–Kier alpha value is 0.400. The van der Waals surface area contributed by atoms with Crippen molar-refractivity contribution in [1.29, 1.82) is 0 Å². The quantitative estimate of drug-likeness (QED) is 0.530. The molecule has 9 heavy (non-hydrogen) atoms. The Labute approximate surface area is 79.1 Å². The lowest BCUT2D eigenvalue weighted by Gasteiger charge is -1.70. The molecule has 0 bridgehead atoms. The second-order valence-corrected chi connectivity index (χ2v) is 3.40. The molecule has 1 nitrogen and oxygen atoms in total. The molecule has 0 spiro atoms. The third-order valence-electron chi connectivity index (χ3n) is 0.630. The highest BCUT2D eigenvalue weighted by Crippen LogP contribution is 2.13. The van der Waals surface area contributed by atoms with Gasteiger partial charge < -0.3 is 0 Å². The predicted molar refractivity (Wildman–Crippen MR) is 50.7 cm³/mol. The standard InChI is InChI=1S/C5HBrINS/c6-4-3-9-5(8-4)1-2-7/h3H. The highest BCUT2D eigenvalue weighted by Gasteiger charge is 1.91. The minimum atomic E-state index is 0.858. The molecule has 0 aliphatic heterocycles. The summed E-state index contributed by atoms with van der Waals surface area (Å²) in [6.45, 7) is 0. The van der Waals surface area contributed by atoms with E-state index in [0.717, 1.165) is 9.61 Å². The number of aromatic nitrogens is 1. The van der Waals surface area contributed by atoms with Gasteiger partial charge in [-0.05, 0) is 25.8 Å². The molecule has 4 heteroatoms. The predicted octanol–water partition coefficient (Wildman–Crippen LogP) is 2.65. The van der Waals surface area contributed by atoms with E-state index in [2.05, 4.69) is 30.8 Å². The van der Waals surface area contributed by atoms with Gasteiger partial charge in [0.25, 0.3) is 0 Å². The van der Waals surface area contributed by atoms with Gasteiger partial charge >= 0.3 is 0 Å². The van der Waals surface area contributed by atoms with E-state index in [1.807, 2.05) is 28.0 Å². The first-order chi connectivity index (χ1) is 4.33. The van der Waals surface area contributed by atoms with E-state index in [0.29, 0.717) is 0 Å². The smallest absolute Gasteiger partial charge is 0.168 e. The van der Waals surface area contributed by atoms with Crippen LogP contribution in [0.5, 0.6) is 0 Å². The van der Waals surface area contributed by atoms with E-state index in [-0.39, 0.29) is 0 Å². The van der Waals surface area contributed by atoms with Crippen LogP contribution in [0.2, 0.25) is 0 Å². The number of nitrogens with zero attached hydrogens (tertiary/aromatic N) is 1. The zero-order valence-corrected chi connectivity index (χ0v) is 8.75. The number of hydrogen-bond acceptors (Lipinski definition) is 2. The average Bonchev–Trinajstić information content (AvgIpc) is 2.17. The fourth-order valence-corrected chi connectivity index (χ4v) is 1.89. The summed E-state index contributed by atoms with van der Waals surface area (Å²) in [4.78, 5) is 4.06. The molecule has 0 radical (unpaired) electrons. The molecule has 1 aromatic rings. The molecule has 0 aromatic carbocycles. The van der Waals surface area contributed by atoms with E-state index < -0.39 is 0 Å². The molecule has 0 aliphatic rings. The van der Waals surface area contributed by atoms with Gasteiger partial charge in [0.05, 0.1) is 0 Å². The second kappa shape index (κ2) is 3.54. The Kier molecular flexibility index (Phi) is 2.95. The monoisotopic (exact) mass is 313 g/mol. The molecule has 1 rings (SSSR count). The van der Waals surface area contributed by atoms with Gasteiger partial charge in [-0.15, -0.1) is 11.3 Å². The molecule has 0 amide bonds. The summed E-state index contributed by atoms with van der Waals surface area (Å²) in [6, 6.07) is 0. The molecular formula is C5HBrINS. The molecule has 46 valence electrons. The average molecular weight is 314 g/mol. The molecule has 1 heterocycles. The van der Waals surface area contributed by atoms with Crippen LogP contribution in [-0.2, 0) is 0 Å². The van der Waals surface area contributed by atoms with E-state index in [1.54, 1.807) is 0 Å². The maximum Gasteiger partial charge on any atom is 0.168 e. The molecule has 1 aromatic heterocycles. The van der Waals surface area contributed by atoms with E-state index in [9.17, 15) is 0 Å². The van der Waals surface area contributed by atoms with Crippen LogP contribution in [0.1, 0.15) is 5.01 Å². The number of hydrogen-bond donors (Lipinski definition) is 0. The van der Waals surface area contributed by atoms with E-state index >= 15 is 0 Å². The van der Waals surface area contributed by atoms with Crippen LogP contribution < -0.4 is 0 Å². The Bertz CT molecular complexity index is 259. The Morgan fingerprint density at radius 3 is 3.00 bits per heavy atom. The van der Waals surface area contributed by atoms with Gasteiger partial charge in [-0.25, -0.2) is 4.98 Å². The summed E-state index contributed by atoms with van der Waals surface area (Å²) < 4.78 is 3.61. The van der Waals surface area contributed by atoms with Crippen LogP contribution >= 0.6 is 49.9 Å². The molecule has 0 saturated carbocycles. The van der Waals surface area contributed by atoms with Crippen molar-refractivity contribution in [2.45, 2.75) is 0 Å². The molecule has 0 atom stereocenters. The number of thiazole rings is 1. The fourth-order valence-electron chi connectivity index (χ4n) is 0.352. The lowest BCUT2D eigenvalue weighted by molar-refractivity contribution is 1.33. The zero-order chi connectivity index (χ0) is 6.69. The maximum atomic E-state index is 4.06. The third kappa shape index (κ3) is 2.24. The molecule has 0 N–H and O–H groups in total. The highest BCUT2D eigenvalue weighted by atomic mass is 127. The molecule has 0 unspecified atom stereocenters. The van der Waals surface area contributed by atoms with Crippen LogP contribution in [0, 0.1) is 9.85 Å². The maximum absolute atomic E-state index is 4.06. The molecule has 0 saturated heterocycles. The van der Waals surface area contributed by atoms with Crippen LogP contribution in [-0.4, -0.2) is 4.98 Å². The molecule has 0 aliphatic carbocycles. The third-order valence-corrected chi connectivity index (χ3v) is 2.37. The zero-order valence-electron chi connectivity index (χ0n) is 4.19. The van der Waals surface area contributed by atoms with Crippen molar-refractivity contribution in [3.05, 3.63) is 15.0 Å². The van der Waals surface area contributed by atoms with Crippen molar-refractivity contribution in [3.8, 4) is 9.85 Å². The Balaban J connectivity index is 2.93. The summed E-state index contributed by atoms with van der Waals surface area (Å²) in [6.07, 6.45) is 0. The van der Waals surface area contributed by atoms with E-state index in [4.69, 9.17) is 0 Å². The van der Waals surface area contributed by atoms with E-state index in [1.165, 1.54) is 11.3 Å². The Morgan fingerprint density at radius 2 is 2.56 bits per heavy atom. The second-order valence-electron chi connectivity index (χ2n) is 1.19. The minimum Gasteiger partial charge on any atom is -0.221 e. The summed E-state index contributed by atoms with van der Waals surface area (Å²) in [5, 5.41) is 2.77. The van der Waals surface area contributed by atoms with Crippen molar-refractivity contribution in [1.82, 2.24) is 4.98 Å². The summed E-state index contributed by atoms with van der Waals surface area (Å²) in [5.41, 5.74) is 0. The van der Waals surface area contributed by atoms with Gasteiger partial charge in [-0.3, -0.25) is 0 Å². The van der Waals surface area contributed by atoms with Crippen molar-refractivity contribution in [2.24, 2.45) is 0 Å². The van der Waals surface area contributed by atoms with Crippen molar-refractivity contribution in [3.63, 3.8) is 0 Å². The first-order valence-electron chi connectivity index (χ1n) is 2.05. The van der Waals surface area contributed by atoms with Gasteiger partial charge in [-0.1, -0.05) is 0 Å². The first kappa shape index (κ1) is 7.51. The number of halogens is 2. The van der Waals surface area contributed by atoms with Gasteiger partial charge in [-0.2, -0.15) is 0 Å². The van der Waals surface area contributed by atoms with Crippen LogP contribution in [0.4, 0.5) is 0 Å². The largest absolute Gasteiger partial charge is 0.221 e. The fraction of sp³-hybridized carbons (Fsp3) is 0. The summed E-state index contributed by atoms with van der Waals surface area (Å²) >= 11 is 6.76. The SMILES string of the molecule is Brc1csc(C#CI)n1. The molecule has 0 fully saturated rings. The Morgan fingerprint density at radius 1 is 1.78 bits per heavy atom. The van der Waals surface area contributed by atoms with Gasteiger partial charge in [0.1, 0.15) is 4.60 Å². The summed E-state index contributed by atoms with van der Waals surface area (Å²) in [7, 11) is 0. The minimum absolute atomic E-state index is 0.858. The van der Waals surface area contributed by atoms with Crippen molar-refractivity contribution >= 4 is 49.9 Å². The highest BCUT2D eigenvalue weighted by molar-refractivity contribution is 14.1. The van der Waals surface area contributed by atoms with Crippen molar-refractivity contribution in [2.75, 3.05) is 0 Å². The topological polar surface area (TPSA) is 12.9 Å². The lowest BCUT2D eigenvalue weighted by Crippen LogP contribution is -1.66. The molecular weight excluding hydrogens is 313 g/mol.